The molecule has 1 aliphatic rings. The lowest BCUT2D eigenvalue weighted by Crippen LogP contribution is -2.29. The zero-order chi connectivity index (χ0) is 11.5. The Hall–Kier alpha value is -1.03. The SMILES string of the molecule is CN(C)c1nccc(N(CCCl)C2CC2)n1. The lowest BCUT2D eigenvalue weighted by molar-refractivity contribution is 0.805. The van der Waals surface area contributed by atoms with Gasteiger partial charge in [-0.1, -0.05) is 0 Å². The minimum atomic E-state index is 0.628. The van der Waals surface area contributed by atoms with Crippen LogP contribution in [-0.4, -0.2) is 42.5 Å². The normalized spacial score (nSPS) is 14.9. The first kappa shape index (κ1) is 11.5. The zero-order valence-electron chi connectivity index (χ0n) is 9.73. The molecule has 1 aliphatic carbocycles. The van der Waals surface area contributed by atoms with Gasteiger partial charge >= 0.3 is 0 Å². The summed E-state index contributed by atoms with van der Waals surface area (Å²) < 4.78 is 0. The second-order valence-electron chi connectivity index (χ2n) is 4.22. The lowest BCUT2D eigenvalue weighted by Gasteiger charge is -2.23. The number of aromatic nitrogens is 2. The van der Waals surface area contributed by atoms with Crippen LogP contribution < -0.4 is 9.80 Å². The van der Waals surface area contributed by atoms with Crippen LogP contribution in [0.25, 0.3) is 0 Å². The van der Waals surface area contributed by atoms with E-state index < -0.39 is 0 Å². The molecule has 16 heavy (non-hydrogen) atoms. The van der Waals surface area contributed by atoms with Crippen molar-refractivity contribution in [2.45, 2.75) is 18.9 Å². The van der Waals surface area contributed by atoms with Crippen molar-refractivity contribution in [2.75, 3.05) is 36.3 Å². The molecule has 4 nitrogen and oxygen atoms in total. The van der Waals surface area contributed by atoms with Crippen molar-refractivity contribution in [1.29, 1.82) is 0 Å². The molecule has 0 atom stereocenters. The molecule has 5 heteroatoms. The molecule has 0 radical (unpaired) electrons. The number of alkyl halides is 1. The van der Waals surface area contributed by atoms with Gasteiger partial charge in [-0.15, -0.1) is 11.6 Å². The minimum absolute atomic E-state index is 0.628. The molecule has 2 rings (SSSR count). The van der Waals surface area contributed by atoms with E-state index >= 15 is 0 Å². The fourth-order valence-corrected chi connectivity index (χ4v) is 1.86. The standard InChI is InChI=1S/C11H17ClN4/c1-15(2)11-13-7-5-10(14-11)16(8-6-12)9-3-4-9/h5,7,9H,3-4,6,8H2,1-2H3. The second-order valence-corrected chi connectivity index (χ2v) is 4.60. The Morgan fingerprint density at radius 1 is 1.44 bits per heavy atom. The van der Waals surface area contributed by atoms with Crippen LogP contribution in [0.5, 0.6) is 0 Å². The van der Waals surface area contributed by atoms with Crippen LogP contribution in [0.3, 0.4) is 0 Å². The lowest BCUT2D eigenvalue weighted by atomic mass is 10.4. The topological polar surface area (TPSA) is 32.3 Å². The molecule has 0 spiro atoms. The van der Waals surface area contributed by atoms with Gasteiger partial charge < -0.3 is 9.80 Å². The van der Waals surface area contributed by atoms with Gasteiger partial charge in [0.15, 0.2) is 0 Å². The maximum absolute atomic E-state index is 5.82. The van der Waals surface area contributed by atoms with Crippen molar-refractivity contribution in [3.8, 4) is 0 Å². The summed E-state index contributed by atoms with van der Waals surface area (Å²) in [7, 11) is 3.89. The second kappa shape index (κ2) is 4.87. The Morgan fingerprint density at radius 3 is 2.75 bits per heavy atom. The summed E-state index contributed by atoms with van der Waals surface area (Å²) in [5.41, 5.74) is 0. The molecule has 88 valence electrons. The van der Waals surface area contributed by atoms with E-state index in [1.807, 2.05) is 25.1 Å². The summed E-state index contributed by atoms with van der Waals surface area (Å²) in [6, 6.07) is 2.58. The van der Waals surface area contributed by atoms with E-state index in [2.05, 4.69) is 14.9 Å². The smallest absolute Gasteiger partial charge is 0.226 e. The van der Waals surface area contributed by atoms with Gasteiger partial charge in [-0.2, -0.15) is 4.98 Å². The predicted octanol–water partition coefficient (Wildman–Crippen LogP) is 1.75. The van der Waals surface area contributed by atoms with Gasteiger partial charge in [-0.25, -0.2) is 4.98 Å². The van der Waals surface area contributed by atoms with Crippen molar-refractivity contribution < 1.29 is 0 Å². The highest BCUT2D eigenvalue weighted by Gasteiger charge is 2.29. The van der Waals surface area contributed by atoms with Crippen molar-refractivity contribution in [3.05, 3.63) is 12.3 Å². The first-order valence-corrected chi connectivity index (χ1v) is 6.09. The highest BCUT2D eigenvalue weighted by Crippen LogP contribution is 2.30. The first-order chi connectivity index (χ1) is 7.72. The fourth-order valence-electron chi connectivity index (χ4n) is 1.68. The van der Waals surface area contributed by atoms with Gasteiger partial charge in [0, 0.05) is 38.8 Å². The third-order valence-electron chi connectivity index (χ3n) is 2.64. The van der Waals surface area contributed by atoms with Crippen molar-refractivity contribution in [2.24, 2.45) is 0 Å². The summed E-state index contributed by atoms with van der Waals surface area (Å²) in [6.07, 6.45) is 4.30. The number of nitrogens with zero attached hydrogens (tertiary/aromatic N) is 4. The summed E-state index contributed by atoms with van der Waals surface area (Å²) in [5, 5.41) is 0. The van der Waals surface area contributed by atoms with Crippen molar-refractivity contribution in [1.82, 2.24) is 9.97 Å². The Bertz CT molecular complexity index is 352. The van der Waals surface area contributed by atoms with Crippen LogP contribution >= 0.6 is 11.6 Å². The average molecular weight is 241 g/mol. The van der Waals surface area contributed by atoms with Crippen LogP contribution in [0, 0.1) is 0 Å². The molecular formula is C11H17ClN4. The first-order valence-electron chi connectivity index (χ1n) is 5.55. The summed E-state index contributed by atoms with van der Waals surface area (Å²) in [5.74, 6) is 2.37. The number of rotatable bonds is 5. The molecule has 0 aromatic carbocycles. The third kappa shape index (κ3) is 2.55. The molecule has 0 unspecified atom stereocenters. The molecule has 1 saturated carbocycles. The van der Waals surface area contributed by atoms with E-state index in [0.717, 1.165) is 18.3 Å². The van der Waals surface area contributed by atoms with Crippen LogP contribution in [0.4, 0.5) is 11.8 Å². The predicted molar refractivity (Wildman–Crippen MR) is 67.4 cm³/mol. The van der Waals surface area contributed by atoms with Gasteiger partial charge in [-0.3, -0.25) is 0 Å². The van der Waals surface area contributed by atoms with Crippen molar-refractivity contribution in [3.63, 3.8) is 0 Å². The molecule has 1 fully saturated rings. The molecule has 0 N–H and O–H groups in total. The molecule has 0 bridgehead atoms. The van der Waals surface area contributed by atoms with E-state index in [1.165, 1.54) is 12.8 Å². The Kier molecular flexibility index (Phi) is 3.49. The highest BCUT2D eigenvalue weighted by molar-refractivity contribution is 6.18. The Labute approximate surface area is 101 Å². The Balaban J connectivity index is 2.19. The summed E-state index contributed by atoms with van der Waals surface area (Å²) >= 11 is 5.82. The van der Waals surface area contributed by atoms with Crippen LogP contribution in [0.15, 0.2) is 12.3 Å². The van der Waals surface area contributed by atoms with E-state index in [0.29, 0.717) is 11.9 Å². The maximum atomic E-state index is 5.82. The number of hydrogen-bond acceptors (Lipinski definition) is 4. The van der Waals surface area contributed by atoms with E-state index in [-0.39, 0.29) is 0 Å². The summed E-state index contributed by atoms with van der Waals surface area (Å²) in [6.45, 7) is 0.857. The molecule has 0 amide bonds. The number of halogens is 1. The average Bonchev–Trinajstić information content (AvgIpc) is 3.10. The van der Waals surface area contributed by atoms with Crippen LogP contribution in [0.1, 0.15) is 12.8 Å². The molecule has 1 aromatic rings. The molecule has 1 heterocycles. The van der Waals surface area contributed by atoms with Crippen LogP contribution in [0.2, 0.25) is 0 Å². The number of hydrogen-bond donors (Lipinski definition) is 0. The third-order valence-corrected chi connectivity index (χ3v) is 2.80. The quantitative estimate of drug-likeness (QED) is 0.734. The molecule has 0 aliphatic heterocycles. The van der Waals surface area contributed by atoms with Gasteiger partial charge in [0.2, 0.25) is 5.95 Å². The van der Waals surface area contributed by atoms with Crippen LogP contribution in [-0.2, 0) is 0 Å². The molecular weight excluding hydrogens is 224 g/mol. The Morgan fingerprint density at radius 2 is 2.19 bits per heavy atom. The van der Waals surface area contributed by atoms with E-state index in [9.17, 15) is 0 Å². The zero-order valence-corrected chi connectivity index (χ0v) is 10.5. The van der Waals surface area contributed by atoms with Gasteiger partial charge in [0.25, 0.3) is 0 Å². The monoisotopic (exact) mass is 240 g/mol. The minimum Gasteiger partial charge on any atom is -0.352 e. The van der Waals surface area contributed by atoms with E-state index in [4.69, 9.17) is 11.6 Å². The molecule has 0 saturated heterocycles. The number of anilines is 2. The summed E-state index contributed by atoms with van der Waals surface area (Å²) in [4.78, 5) is 12.9. The molecule has 1 aromatic heterocycles. The van der Waals surface area contributed by atoms with Gasteiger partial charge in [0.1, 0.15) is 5.82 Å². The fraction of sp³-hybridized carbons (Fsp3) is 0.636. The van der Waals surface area contributed by atoms with Crippen molar-refractivity contribution >= 4 is 23.4 Å². The highest BCUT2D eigenvalue weighted by atomic mass is 35.5. The maximum Gasteiger partial charge on any atom is 0.226 e. The van der Waals surface area contributed by atoms with E-state index in [1.54, 1.807) is 6.20 Å². The van der Waals surface area contributed by atoms with Gasteiger partial charge in [0.05, 0.1) is 0 Å². The largest absolute Gasteiger partial charge is 0.352 e. The van der Waals surface area contributed by atoms with Gasteiger partial charge in [-0.05, 0) is 18.9 Å².